The van der Waals surface area contributed by atoms with Gasteiger partial charge in [-0.05, 0) is 55.2 Å². The van der Waals surface area contributed by atoms with E-state index in [2.05, 4.69) is 5.32 Å². The molecular weight excluding hydrogens is 288 g/mol. The summed E-state index contributed by atoms with van der Waals surface area (Å²) in [5.74, 6) is 0.830. The van der Waals surface area contributed by atoms with E-state index in [4.69, 9.17) is 4.74 Å². The van der Waals surface area contributed by atoms with E-state index in [0.717, 1.165) is 35.4 Å². The highest BCUT2D eigenvalue weighted by Crippen LogP contribution is 2.29. The van der Waals surface area contributed by atoms with Crippen LogP contribution in [0.15, 0.2) is 48.5 Å². The fourth-order valence-electron chi connectivity index (χ4n) is 2.60. The second-order valence-electron chi connectivity index (χ2n) is 6.01. The summed E-state index contributed by atoms with van der Waals surface area (Å²) in [6.45, 7) is 2.64. The van der Waals surface area contributed by atoms with Crippen LogP contribution in [-0.2, 0) is 6.54 Å². The van der Waals surface area contributed by atoms with Crippen LogP contribution >= 0.6 is 0 Å². The smallest absolute Gasteiger partial charge is 0.322 e. The van der Waals surface area contributed by atoms with E-state index >= 15 is 0 Å². The molecule has 0 aromatic heterocycles. The van der Waals surface area contributed by atoms with Crippen LogP contribution in [0, 0.1) is 6.92 Å². The Morgan fingerprint density at radius 3 is 2.57 bits per heavy atom. The molecule has 0 radical (unpaired) electrons. The first-order valence-electron chi connectivity index (χ1n) is 7.93. The minimum absolute atomic E-state index is 0.0334. The van der Waals surface area contributed by atoms with Crippen molar-refractivity contribution in [3.63, 3.8) is 0 Å². The van der Waals surface area contributed by atoms with Gasteiger partial charge in [0.25, 0.3) is 0 Å². The number of methoxy groups -OCH3 is 1. The van der Waals surface area contributed by atoms with E-state index in [1.165, 1.54) is 0 Å². The van der Waals surface area contributed by atoms with Gasteiger partial charge < -0.3 is 15.0 Å². The molecule has 4 nitrogen and oxygen atoms in total. The van der Waals surface area contributed by atoms with Crippen LogP contribution < -0.4 is 10.1 Å². The zero-order valence-electron chi connectivity index (χ0n) is 13.6. The van der Waals surface area contributed by atoms with E-state index in [0.29, 0.717) is 12.6 Å². The van der Waals surface area contributed by atoms with Gasteiger partial charge in [0.15, 0.2) is 0 Å². The molecule has 0 saturated heterocycles. The number of hydrogen-bond donors (Lipinski definition) is 1. The molecule has 23 heavy (non-hydrogen) atoms. The number of urea groups is 1. The summed E-state index contributed by atoms with van der Waals surface area (Å²) in [6.07, 6.45) is 2.16. The third-order valence-corrected chi connectivity index (χ3v) is 4.03. The van der Waals surface area contributed by atoms with Crippen LogP contribution in [-0.4, -0.2) is 24.1 Å². The van der Waals surface area contributed by atoms with Gasteiger partial charge in [-0.1, -0.05) is 24.3 Å². The van der Waals surface area contributed by atoms with Gasteiger partial charge >= 0.3 is 6.03 Å². The normalized spacial score (nSPS) is 13.5. The molecule has 1 aliphatic rings. The highest BCUT2D eigenvalue weighted by molar-refractivity contribution is 5.89. The number of rotatable bonds is 5. The lowest BCUT2D eigenvalue weighted by Gasteiger charge is -2.23. The average molecular weight is 310 g/mol. The van der Waals surface area contributed by atoms with E-state index in [-0.39, 0.29) is 6.03 Å². The van der Waals surface area contributed by atoms with E-state index < -0.39 is 0 Å². The molecule has 0 heterocycles. The second kappa shape index (κ2) is 6.73. The van der Waals surface area contributed by atoms with E-state index in [1.807, 2.05) is 60.4 Å². The van der Waals surface area contributed by atoms with Crippen molar-refractivity contribution < 1.29 is 9.53 Å². The summed E-state index contributed by atoms with van der Waals surface area (Å²) >= 11 is 0. The molecule has 1 saturated carbocycles. The fraction of sp³-hybridized carbons (Fsp3) is 0.316. The molecular formula is C19H22N2O2. The minimum Gasteiger partial charge on any atom is -0.497 e. The van der Waals surface area contributed by atoms with Crippen LogP contribution in [0.25, 0.3) is 0 Å². The maximum Gasteiger partial charge on any atom is 0.322 e. The average Bonchev–Trinajstić information content (AvgIpc) is 3.38. The number of hydrogen-bond acceptors (Lipinski definition) is 2. The van der Waals surface area contributed by atoms with Crippen molar-refractivity contribution in [2.45, 2.75) is 32.4 Å². The van der Waals surface area contributed by atoms with Gasteiger partial charge in [0.2, 0.25) is 0 Å². The molecule has 1 aliphatic carbocycles. The molecule has 0 bridgehead atoms. The Kier molecular flexibility index (Phi) is 4.51. The third kappa shape index (κ3) is 4.03. The van der Waals surface area contributed by atoms with Gasteiger partial charge in [-0.2, -0.15) is 0 Å². The van der Waals surface area contributed by atoms with Crippen LogP contribution in [0.4, 0.5) is 10.5 Å². The lowest BCUT2D eigenvalue weighted by Crippen LogP contribution is -2.36. The van der Waals surface area contributed by atoms with Crippen LogP contribution in [0.3, 0.4) is 0 Å². The maximum absolute atomic E-state index is 12.6. The predicted octanol–water partition coefficient (Wildman–Crippen LogP) is 4.20. The lowest BCUT2D eigenvalue weighted by molar-refractivity contribution is 0.206. The summed E-state index contributed by atoms with van der Waals surface area (Å²) in [4.78, 5) is 14.5. The van der Waals surface area contributed by atoms with Crippen molar-refractivity contribution in [3.8, 4) is 5.75 Å². The molecule has 4 heteroatoms. The molecule has 2 aromatic carbocycles. The van der Waals surface area contributed by atoms with Crippen molar-refractivity contribution >= 4 is 11.7 Å². The number of carbonyl (C=O) groups excluding carboxylic acids is 1. The van der Waals surface area contributed by atoms with E-state index in [9.17, 15) is 4.79 Å². The van der Waals surface area contributed by atoms with Gasteiger partial charge in [-0.15, -0.1) is 0 Å². The summed E-state index contributed by atoms with van der Waals surface area (Å²) in [6, 6.07) is 16.1. The van der Waals surface area contributed by atoms with Gasteiger partial charge in [0, 0.05) is 18.3 Å². The first kappa shape index (κ1) is 15.4. The largest absolute Gasteiger partial charge is 0.497 e. The Hall–Kier alpha value is -2.49. The van der Waals surface area contributed by atoms with Gasteiger partial charge in [0.1, 0.15) is 5.75 Å². The number of amides is 2. The number of nitrogens with one attached hydrogen (secondary N) is 1. The van der Waals surface area contributed by atoms with Gasteiger partial charge in [-0.25, -0.2) is 4.79 Å². The van der Waals surface area contributed by atoms with Crippen molar-refractivity contribution in [2.24, 2.45) is 0 Å². The molecule has 120 valence electrons. The van der Waals surface area contributed by atoms with Gasteiger partial charge in [-0.3, -0.25) is 0 Å². The topological polar surface area (TPSA) is 41.6 Å². The Morgan fingerprint density at radius 1 is 1.22 bits per heavy atom. The molecule has 0 unspecified atom stereocenters. The van der Waals surface area contributed by atoms with Crippen LogP contribution in [0.2, 0.25) is 0 Å². The van der Waals surface area contributed by atoms with Crippen LogP contribution in [0.5, 0.6) is 5.75 Å². The summed E-state index contributed by atoms with van der Waals surface area (Å²) < 4.78 is 5.18. The van der Waals surface area contributed by atoms with Crippen molar-refractivity contribution in [2.75, 3.05) is 12.4 Å². The number of aryl methyl sites for hydroxylation is 1. The Morgan fingerprint density at radius 2 is 1.96 bits per heavy atom. The first-order valence-corrected chi connectivity index (χ1v) is 7.93. The number of anilines is 1. The lowest BCUT2D eigenvalue weighted by atomic mass is 10.2. The monoisotopic (exact) mass is 310 g/mol. The number of nitrogens with zero attached hydrogens (tertiary/aromatic N) is 1. The zero-order chi connectivity index (χ0) is 16.2. The van der Waals surface area contributed by atoms with Gasteiger partial charge in [0.05, 0.1) is 7.11 Å². The third-order valence-electron chi connectivity index (χ3n) is 4.03. The van der Waals surface area contributed by atoms with Crippen LogP contribution in [0.1, 0.15) is 24.0 Å². The molecule has 1 fully saturated rings. The molecule has 0 spiro atoms. The van der Waals surface area contributed by atoms with Crippen molar-refractivity contribution in [1.29, 1.82) is 0 Å². The molecule has 0 aliphatic heterocycles. The van der Waals surface area contributed by atoms with E-state index in [1.54, 1.807) is 7.11 Å². The zero-order valence-corrected chi connectivity index (χ0v) is 13.6. The summed E-state index contributed by atoms with van der Waals surface area (Å²) in [7, 11) is 1.65. The van der Waals surface area contributed by atoms with Crippen molar-refractivity contribution in [3.05, 3.63) is 59.7 Å². The highest BCUT2D eigenvalue weighted by atomic mass is 16.5. The first-order chi connectivity index (χ1) is 11.2. The number of benzene rings is 2. The molecule has 2 aromatic rings. The fourth-order valence-corrected chi connectivity index (χ4v) is 2.60. The quantitative estimate of drug-likeness (QED) is 0.899. The Bertz CT molecular complexity index is 678. The minimum atomic E-state index is -0.0334. The molecule has 2 amide bonds. The molecule has 3 rings (SSSR count). The highest BCUT2D eigenvalue weighted by Gasteiger charge is 2.32. The standard InChI is InChI=1S/C19H22N2O2/c1-14-4-3-5-16(12-14)20-19(22)21(17-8-9-17)13-15-6-10-18(23-2)11-7-15/h3-7,10-12,17H,8-9,13H2,1-2H3,(H,20,22). The molecule has 1 N–H and O–H groups in total. The second-order valence-corrected chi connectivity index (χ2v) is 6.01. The number of carbonyl (C=O) groups is 1. The number of ether oxygens (including phenoxy) is 1. The SMILES string of the molecule is COc1ccc(CN(C(=O)Nc2cccc(C)c2)C2CC2)cc1. The summed E-state index contributed by atoms with van der Waals surface area (Å²) in [5.41, 5.74) is 3.09. The summed E-state index contributed by atoms with van der Waals surface area (Å²) in [5, 5.41) is 3.01. The predicted molar refractivity (Wildman–Crippen MR) is 91.8 cm³/mol. The van der Waals surface area contributed by atoms with Crippen molar-refractivity contribution in [1.82, 2.24) is 4.90 Å². The Balaban J connectivity index is 1.69. The molecule has 0 atom stereocenters. The Labute approximate surface area is 137 Å². The maximum atomic E-state index is 12.6.